The van der Waals surface area contributed by atoms with Gasteiger partial charge in [0.25, 0.3) is 0 Å². The van der Waals surface area contributed by atoms with Crippen molar-refractivity contribution in [1.82, 2.24) is 9.29 Å². The van der Waals surface area contributed by atoms with Crippen molar-refractivity contribution in [2.45, 2.75) is 37.6 Å². The van der Waals surface area contributed by atoms with Crippen LogP contribution < -0.4 is 0 Å². The van der Waals surface area contributed by atoms with Crippen LogP contribution in [-0.2, 0) is 10.0 Å². The quantitative estimate of drug-likeness (QED) is 0.871. The van der Waals surface area contributed by atoms with Gasteiger partial charge in [-0.25, -0.2) is 13.4 Å². The lowest BCUT2D eigenvalue weighted by Crippen LogP contribution is -2.31. The molecule has 2 heterocycles. The summed E-state index contributed by atoms with van der Waals surface area (Å²) < 4.78 is 27.7. The van der Waals surface area contributed by atoms with E-state index in [1.54, 1.807) is 16.6 Å². The highest BCUT2D eigenvalue weighted by molar-refractivity contribution is 7.89. The molecule has 1 fully saturated rings. The lowest BCUT2D eigenvalue weighted by Gasteiger charge is -2.23. The third-order valence-electron chi connectivity index (χ3n) is 3.87. The first kappa shape index (κ1) is 14.7. The smallest absolute Gasteiger partial charge is 0.243 e. The highest BCUT2D eigenvalue weighted by atomic mass is 32.2. The molecule has 0 aliphatic carbocycles. The van der Waals surface area contributed by atoms with Gasteiger partial charge in [-0.1, -0.05) is 12.1 Å². The molecule has 1 aliphatic rings. The monoisotopic (exact) mass is 322 g/mol. The van der Waals surface area contributed by atoms with Crippen LogP contribution in [0.25, 0.3) is 0 Å². The van der Waals surface area contributed by atoms with Crippen molar-refractivity contribution in [2.75, 3.05) is 6.54 Å². The van der Waals surface area contributed by atoms with E-state index in [0.717, 1.165) is 29.0 Å². The van der Waals surface area contributed by atoms with Gasteiger partial charge in [-0.05, 0) is 43.9 Å². The van der Waals surface area contributed by atoms with Gasteiger partial charge in [-0.2, -0.15) is 4.31 Å². The van der Waals surface area contributed by atoms with Crippen LogP contribution in [0, 0.1) is 13.8 Å². The van der Waals surface area contributed by atoms with Crippen molar-refractivity contribution in [2.24, 2.45) is 0 Å². The van der Waals surface area contributed by atoms with Crippen molar-refractivity contribution in [3.63, 3.8) is 0 Å². The average Bonchev–Trinajstić information content (AvgIpc) is 3.10. The SMILES string of the molecule is Cc1ccc(C)c(S(=O)(=O)N2CCCC2c2nccs2)c1. The summed E-state index contributed by atoms with van der Waals surface area (Å²) in [7, 11) is -3.47. The van der Waals surface area contributed by atoms with E-state index in [9.17, 15) is 8.42 Å². The first-order chi connectivity index (χ1) is 10.00. The predicted octanol–water partition coefficient (Wildman–Crippen LogP) is 3.29. The number of benzene rings is 1. The molecule has 6 heteroatoms. The summed E-state index contributed by atoms with van der Waals surface area (Å²) in [6, 6.07) is 5.46. The lowest BCUT2D eigenvalue weighted by molar-refractivity contribution is 0.395. The molecule has 0 N–H and O–H groups in total. The van der Waals surface area contributed by atoms with E-state index in [1.807, 2.05) is 31.4 Å². The van der Waals surface area contributed by atoms with Crippen molar-refractivity contribution >= 4 is 21.4 Å². The van der Waals surface area contributed by atoms with Crippen LogP contribution in [0.1, 0.15) is 35.0 Å². The topological polar surface area (TPSA) is 50.3 Å². The molecule has 1 atom stereocenters. The number of hydrogen-bond donors (Lipinski definition) is 0. The van der Waals surface area contributed by atoms with Gasteiger partial charge >= 0.3 is 0 Å². The third kappa shape index (κ3) is 2.63. The maximum atomic E-state index is 13.0. The minimum Gasteiger partial charge on any atom is -0.248 e. The fourth-order valence-electron chi connectivity index (χ4n) is 2.79. The van der Waals surface area contributed by atoms with Crippen LogP contribution in [0.15, 0.2) is 34.7 Å². The number of sulfonamides is 1. The Labute approximate surface area is 129 Å². The predicted molar refractivity (Wildman–Crippen MR) is 83.9 cm³/mol. The molecule has 1 aromatic heterocycles. The van der Waals surface area contributed by atoms with E-state index >= 15 is 0 Å². The molecule has 0 bridgehead atoms. The average molecular weight is 322 g/mol. The Hall–Kier alpha value is -1.24. The number of thiazole rings is 1. The maximum Gasteiger partial charge on any atom is 0.243 e. The Morgan fingerprint density at radius 2 is 2.14 bits per heavy atom. The second-order valence-electron chi connectivity index (χ2n) is 5.41. The van der Waals surface area contributed by atoms with Crippen LogP contribution in [0.5, 0.6) is 0 Å². The molecule has 0 radical (unpaired) electrons. The minimum absolute atomic E-state index is 0.116. The Morgan fingerprint density at radius 3 is 2.86 bits per heavy atom. The minimum atomic E-state index is -3.47. The molecule has 0 saturated carbocycles. The molecule has 112 valence electrons. The molecular weight excluding hydrogens is 304 g/mol. The third-order valence-corrected chi connectivity index (χ3v) is 6.80. The molecule has 3 rings (SSSR count). The summed E-state index contributed by atoms with van der Waals surface area (Å²) in [5, 5.41) is 2.79. The molecule has 1 unspecified atom stereocenters. The molecule has 4 nitrogen and oxygen atoms in total. The zero-order valence-corrected chi connectivity index (χ0v) is 13.7. The van der Waals surface area contributed by atoms with Crippen LogP contribution in [-0.4, -0.2) is 24.3 Å². The number of aryl methyl sites for hydroxylation is 2. The van der Waals surface area contributed by atoms with Gasteiger partial charge in [0.2, 0.25) is 10.0 Å². The van der Waals surface area contributed by atoms with Gasteiger partial charge in [0.05, 0.1) is 10.9 Å². The summed E-state index contributed by atoms with van der Waals surface area (Å²) in [6.07, 6.45) is 3.47. The number of rotatable bonds is 3. The highest BCUT2D eigenvalue weighted by Crippen LogP contribution is 2.37. The number of aromatic nitrogens is 1. The summed E-state index contributed by atoms with van der Waals surface area (Å²) in [6.45, 7) is 4.33. The van der Waals surface area contributed by atoms with Gasteiger partial charge < -0.3 is 0 Å². The summed E-state index contributed by atoms with van der Waals surface area (Å²) in [4.78, 5) is 4.73. The molecule has 2 aromatic rings. The molecule has 21 heavy (non-hydrogen) atoms. The van der Waals surface area contributed by atoms with Crippen LogP contribution in [0.3, 0.4) is 0 Å². The van der Waals surface area contributed by atoms with Crippen molar-refractivity contribution < 1.29 is 8.42 Å². The van der Waals surface area contributed by atoms with E-state index in [-0.39, 0.29) is 6.04 Å². The lowest BCUT2D eigenvalue weighted by atomic mass is 10.2. The number of hydrogen-bond acceptors (Lipinski definition) is 4. The van der Waals surface area contributed by atoms with Gasteiger partial charge in [-0.3, -0.25) is 0 Å². The first-order valence-corrected chi connectivity index (χ1v) is 9.30. The summed E-state index contributed by atoms with van der Waals surface area (Å²) in [5.74, 6) is 0. The molecule has 0 spiro atoms. The van der Waals surface area contributed by atoms with Crippen molar-refractivity contribution in [3.05, 3.63) is 45.9 Å². The van der Waals surface area contributed by atoms with Gasteiger partial charge in [-0.15, -0.1) is 11.3 Å². The molecular formula is C15H18N2O2S2. The normalized spacial score (nSPS) is 20.0. The van der Waals surface area contributed by atoms with E-state index < -0.39 is 10.0 Å². The van der Waals surface area contributed by atoms with Gasteiger partial charge in [0, 0.05) is 18.1 Å². The van der Waals surface area contributed by atoms with E-state index in [1.165, 1.54) is 11.3 Å². The Morgan fingerprint density at radius 1 is 1.33 bits per heavy atom. The first-order valence-electron chi connectivity index (χ1n) is 6.98. The van der Waals surface area contributed by atoms with Crippen LogP contribution in [0.4, 0.5) is 0 Å². The Balaban J connectivity index is 2.03. The fourth-order valence-corrected chi connectivity index (χ4v) is 5.61. The van der Waals surface area contributed by atoms with Crippen molar-refractivity contribution in [1.29, 1.82) is 0 Å². The Bertz CT molecular complexity index is 739. The largest absolute Gasteiger partial charge is 0.248 e. The highest BCUT2D eigenvalue weighted by Gasteiger charge is 2.38. The zero-order valence-electron chi connectivity index (χ0n) is 12.1. The molecule has 1 aliphatic heterocycles. The standard InChI is InChI=1S/C15H18N2O2S2/c1-11-5-6-12(2)14(10-11)21(18,19)17-8-3-4-13(17)15-16-7-9-20-15/h5-7,9-10,13H,3-4,8H2,1-2H3. The Kier molecular flexibility index (Phi) is 3.86. The van der Waals surface area contributed by atoms with E-state index in [4.69, 9.17) is 0 Å². The van der Waals surface area contributed by atoms with Gasteiger partial charge in [0.15, 0.2) is 0 Å². The summed E-state index contributed by atoms with van der Waals surface area (Å²) in [5.41, 5.74) is 1.76. The maximum absolute atomic E-state index is 13.0. The number of nitrogens with zero attached hydrogens (tertiary/aromatic N) is 2. The second-order valence-corrected chi connectivity index (χ2v) is 8.20. The molecule has 1 saturated heterocycles. The van der Waals surface area contributed by atoms with E-state index in [2.05, 4.69) is 4.98 Å². The molecule has 0 amide bonds. The van der Waals surface area contributed by atoms with Crippen LogP contribution >= 0.6 is 11.3 Å². The summed E-state index contributed by atoms with van der Waals surface area (Å²) >= 11 is 1.53. The zero-order chi connectivity index (χ0) is 15.0. The van der Waals surface area contributed by atoms with Crippen molar-refractivity contribution in [3.8, 4) is 0 Å². The van der Waals surface area contributed by atoms with Crippen LogP contribution in [0.2, 0.25) is 0 Å². The molecule has 1 aromatic carbocycles. The van der Waals surface area contributed by atoms with E-state index in [0.29, 0.717) is 11.4 Å². The second kappa shape index (κ2) is 5.51. The fraction of sp³-hybridized carbons (Fsp3) is 0.400. The van der Waals surface area contributed by atoms with Gasteiger partial charge in [0.1, 0.15) is 5.01 Å².